The van der Waals surface area contributed by atoms with E-state index >= 15 is 0 Å². The van der Waals surface area contributed by atoms with Crippen molar-refractivity contribution in [1.29, 1.82) is 0 Å². The second-order valence-electron chi connectivity index (χ2n) is 4.26. The molecule has 5 nitrogen and oxygen atoms in total. The number of nitrogens with zero attached hydrogens (tertiary/aromatic N) is 2. The fraction of sp³-hybridized carbons (Fsp3) is 0.308. The number of hydrogen-bond acceptors (Lipinski definition) is 4. The highest BCUT2D eigenvalue weighted by atomic mass is 79.9. The zero-order chi connectivity index (χ0) is 14.7. The van der Waals surface area contributed by atoms with Crippen LogP contribution < -0.4 is 5.69 Å². The van der Waals surface area contributed by atoms with Crippen molar-refractivity contribution < 1.29 is 4.79 Å². The van der Waals surface area contributed by atoms with Crippen LogP contribution in [0.15, 0.2) is 37.5 Å². The Balaban J connectivity index is 2.29. The number of rotatable bonds is 5. The molecule has 0 bridgehead atoms. The van der Waals surface area contributed by atoms with E-state index in [0.29, 0.717) is 17.3 Å². The Morgan fingerprint density at radius 2 is 2.25 bits per heavy atom. The van der Waals surface area contributed by atoms with Crippen molar-refractivity contribution in [2.75, 3.05) is 0 Å². The summed E-state index contributed by atoms with van der Waals surface area (Å²) in [5.41, 5.74) is 0.441. The summed E-state index contributed by atoms with van der Waals surface area (Å²) in [6.45, 7) is 4.16. The molecule has 0 aliphatic heterocycles. The van der Waals surface area contributed by atoms with Crippen molar-refractivity contribution in [2.24, 2.45) is 0 Å². The number of nitrogens with one attached hydrogen (secondary N) is 1. The molecule has 0 saturated carbocycles. The lowest BCUT2D eigenvalue weighted by Gasteiger charge is -2.05. The lowest BCUT2D eigenvalue weighted by molar-refractivity contribution is 0.101. The van der Waals surface area contributed by atoms with Gasteiger partial charge in [-0.2, -0.15) is 0 Å². The van der Waals surface area contributed by atoms with Crippen LogP contribution in [0.25, 0.3) is 0 Å². The minimum Gasteiger partial charge on any atom is -0.294 e. The molecule has 0 aliphatic rings. The van der Waals surface area contributed by atoms with E-state index in [2.05, 4.69) is 26.1 Å². The van der Waals surface area contributed by atoms with Gasteiger partial charge in [-0.05, 0) is 43.3 Å². The molecule has 0 aliphatic carbocycles. The quantitative estimate of drug-likeness (QED) is 0.836. The third-order valence-corrected chi connectivity index (χ3v) is 4.34. The summed E-state index contributed by atoms with van der Waals surface area (Å²) >= 11 is 4.77. The summed E-state index contributed by atoms with van der Waals surface area (Å²) in [4.78, 5) is 23.9. The third kappa shape index (κ3) is 3.21. The summed E-state index contributed by atoms with van der Waals surface area (Å²) in [6.07, 6.45) is 0.861. The number of aromatic amines is 1. The second-order valence-corrected chi connectivity index (χ2v) is 6.16. The highest BCUT2D eigenvalue weighted by molar-refractivity contribution is 9.10. The molecule has 0 radical (unpaired) electrons. The van der Waals surface area contributed by atoms with Crippen LogP contribution in [-0.2, 0) is 6.54 Å². The maximum absolute atomic E-state index is 11.6. The highest BCUT2D eigenvalue weighted by Gasteiger charge is 2.11. The topological polar surface area (TPSA) is 67.8 Å². The van der Waals surface area contributed by atoms with Gasteiger partial charge in [0.2, 0.25) is 0 Å². The molecule has 1 aromatic heterocycles. The van der Waals surface area contributed by atoms with E-state index in [9.17, 15) is 9.59 Å². The summed E-state index contributed by atoms with van der Waals surface area (Å²) in [6, 6.07) is 5.47. The van der Waals surface area contributed by atoms with Gasteiger partial charge >= 0.3 is 5.69 Å². The van der Waals surface area contributed by atoms with Crippen LogP contribution in [0.3, 0.4) is 0 Å². The van der Waals surface area contributed by atoms with Crippen molar-refractivity contribution in [3.05, 3.63) is 38.7 Å². The molecule has 2 aromatic rings. The number of benzene rings is 1. The molecule has 0 spiro atoms. The Bertz CT molecular complexity index is 693. The molecule has 0 atom stereocenters. The number of ketones is 1. The van der Waals surface area contributed by atoms with Crippen LogP contribution >= 0.6 is 27.7 Å². The zero-order valence-corrected chi connectivity index (χ0v) is 13.5. The molecule has 1 aromatic carbocycles. The lowest BCUT2D eigenvalue weighted by Crippen LogP contribution is -2.17. The summed E-state index contributed by atoms with van der Waals surface area (Å²) < 4.78 is 2.35. The van der Waals surface area contributed by atoms with Crippen LogP contribution in [0, 0.1) is 0 Å². The van der Waals surface area contributed by atoms with Crippen LogP contribution in [-0.4, -0.2) is 20.5 Å². The van der Waals surface area contributed by atoms with Crippen molar-refractivity contribution in [3.8, 4) is 0 Å². The fourth-order valence-electron chi connectivity index (χ4n) is 1.75. The van der Waals surface area contributed by atoms with Gasteiger partial charge in [-0.3, -0.25) is 9.36 Å². The van der Waals surface area contributed by atoms with Gasteiger partial charge in [0.15, 0.2) is 10.9 Å². The first-order valence-electron chi connectivity index (χ1n) is 6.16. The number of hydrogen-bond donors (Lipinski definition) is 1. The van der Waals surface area contributed by atoms with Crippen LogP contribution in [0.4, 0.5) is 0 Å². The molecule has 1 N–H and O–H groups in total. The lowest BCUT2D eigenvalue weighted by atomic mass is 10.2. The molecular formula is C13H14BrN3O2S. The smallest absolute Gasteiger partial charge is 0.294 e. The van der Waals surface area contributed by atoms with Gasteiger partial charge in [0.25, 0.3) is 0 Å². The van der Waals surface area contributed by atoms with Gasteiger partial charge < -0.3 is 0 Å². The summed E-state index contributed by atoms with van der Waals surface area (Å²) in [5, 5.41) is 7.10. The Morgan fingerprint density at radius 1 is 1.50 bits per heavy atom. The van der Waals surface area contributed by atoms with E-state index in [0.717, 1.165) is 15.8 Å². The monoisotopic (exact) mass is 355 g/mol. The van der Waals surface area contributed by atoms with E-state index in [1.54, 1.807) is 10.6 Å². The fourth-order valence-corrected chi connectivity index (χ4v) is 3.46. The molecule has 0 amide bonds. The molecular weight excluding hydrogens is 342 g/mol. The number of H-pyrrole nitrogens is 1. The summed E-state index contributed by atoms with van der Waals surface area (Å²) in [7, 11) is 0. The van der Waals surface area contributed by atoms with Crippen molar-refractivity contribution in [1.82, 2.24) is 14.8 Å². The minimum atomic E-state index is -0.200. The SMILES string of the molecule is CCCn1c(Sc2ccc(C(C)=O)c(Br)c2)n[nH]c1=O. The number of carbonyl (C=O) groups excluding carboxylic acids is 1. The Kier molecular flexibility index (Phi) is 4.82. The predicted molar refractivity (Wildman–Crippen MR) is 81.4 cm³/mol. The van der Waals surface area contributed by atoms with Crippen LogP contribution in [0.5, 0.6) is 0 Å². The Hall–Kier alpha value is -1.34. The molecule has 0 fully saturated rings. The highest BCUT2D eigenvalue weighted by Crippen LogP contribution is 2.29. The molecule has 106 valence electrons. The standard InChI is InChI=1S/C13H14BrN3O2S/c1-3-6-17-12(19)15-16-13(17)20-9-4-5-10(8(2)18)11(14)7-9/h4-5,7H,3,6H2,1-2H3,(H,15,19). The molecule has 0 unspecified atom stereocenters. The van der Waals surface area contributed by atoms with Gasteiger partial charge in [-0.15, -0.1) is 5.10 Å². The summed E-state index contributed by atoms with van der Waals surface area (Å²) in [5.74, 6) is 0.0103. The zero-order valence-electron chi connectivity index (χ0n) is 11.1. The maximum atomic E-state index is 11.6. The Labute approximate surface area is 128 Å². The first kappa shape index (κ1) is 15.1. The van der Waals surface area contributed by atoms with Crippen molar-refractivity contribution in [2.45, 2.75) is 36.9 Å². The van der Waals surface area contributed by atoms with Gasteiger partial charge in [-0.1, -0.05) is 22.9 Å². The van der Waals surface area contributed by atoms with Gasteiger partial charge in [-0.25, -0.2) is 9.89 Å². The van der Waals surface area contributed by atoms with Crippen molar-refractivity contribution in [3.63, 3.8) is 0 Å². The first-order valence-corrected chi connectivity index (χ1v) is 7.77. The van der Waals surface area contributed by atoms with Gasteiger partial charge in [0, 0.05) is 21.5 Å². The molecule has 20 heavy (non-hydrogen) atoms. The van der Waals surface area contributed by atoms with E-state index < -0.39 is 0 Å². The first-order chi connectivity index (χ1) is 9.52. The van der Waals surface area contributed by atoms with Gasteiger partial charge in [0.1, 0.15) is 0 Å². The van der Waals surface area contributed by atoms with E-state index in [4.69, 9.17) is 0 Å². The normalized spacial score (nSPS) is 10.8. The van der Waals surface area contributed by atoms with E-state index in [-0.39, 0.29) is 11.5 Å². The minimum absolute atomic E-state index is 0.0103. The molecule has 1 heterocycles. The largest absolute Gasteiger partial charge is 0.343 e. The van der Waals surface area contributed by atoms with E-state index in [1.165, 1.54) is 18.7 Å². The predicted octanol–water partition coefficient (Wildman–Crippen LogP) is 3.10. The average Bonchev–Trinajstić information content (AvgIpc) is 2.72. The van der Waals surface area contributed by atoms with Crippen LogP contribution in [0.1, 0.15) is 30.6 Å². The molecule has 7 heteroatoms. The maximum Gasteiger partial charge on any atom is 0.343 e. The number of carbonyl (C=O) groups is 1. The number of Topliss-reactive ketones (excluding diaryl/α,β-unsaturated/α-hetero) is 1. The second kappa shape index (κ2) is 6.41. The average molecular weight is 356 g/mol. The number of aromatic nitrogens is 3. The van der Waals surface area contributed by atoms with Crippen LogP contribution in [0.2, 0.25) is 0 Å². The Morgan fingerprint density at radius 3 is 2.85 bits per heavy atom. The van der Waals surface area contributed by atoms with E-state index in [1.807, 2.05) is 19.1 Å². The third-order valence-electron chi connectivity index (χ3n) is 2.70. The van der Waals surface area contributed by atoms with Crippen molar-refractivity contribution >= 4 is 33.5 Å². The molecule has 2 rings (SSSR count). The number of halogens is 1. The van der Waals surface area contributed by atoms with Gasteiger partial charge in [0.05, 0.1) is 0 Å². The molecule has 0 saturated heterocycles.